The van der Waals surface area contributed by atoms with Crippen LogP contribution in [0.3, 0.4) is 0 Å². The van der Waals surface area contributed by atoms with Crippen LogP contribution in [0.25, 0.3) is 0 Å². The molecule has 3 aromatic rings. The van der Waals surface area contributed by atoms with Gasteiger partial charge in [0.25, 0.3) is 5.91 Å². The molecule has 0 fully saturated rings. The number of hydrogen-bond donors (Lipinski definition) is 3. The van der Waals surface area contributed by atoms with Crippen molar-refractivity contribution in [2.75, 3.05) is 5.32 Å². The summed E-state index contributed by atoms with van der Waals surface area (Å²) in [5.41, 5.74) is 2.34. The number of carbonyl (C=O) groups is 2. The molecule has 24 heavy (non-hydrogen) atoms. The molecule has 3 aromatic heterocycles. The fraction of sp³-hybridized carbons (Fsp3) is 0.0833. The van der Waals surface area contributed by atoms with Gasteiger partial charge in [0.05, 0.1) is 18.9 Å². The third-order valence-corrected chi connectivity index (χ3v) is 3.39. The first-order valence-electron chi connectivity index (χ1n) is 6.55. The van der Waals surface area contributed by atoms with Crippen LogP contribution in [0.1, 0.15) is 21.4 Å². The Bertz CT molecular complexity index is 840. The Balaban J connectivity index is 1.50. The van der Waals surface area contributed by atoms with Gasteiger partial charge in [-0.1, -0.05) is 11.3 Å². The van der Waals surface area contributed by atoms with Crippen molar-refractivity contribution in [3.63, 3.8) is 0 Å². The van der Waals surface area contributed by atoms with Crippen LogP contribution in [-0.2, 0) is 11.2 Å². The summed E-state index contributed by atoms with van der Waals surface area (Å²) >= 11 is 1.07. The van der Waals surface area contributed by atoms with Gasteiger partial charge >= 0.3 is 0 Å². The summed E-state index contributed by atoms with van der Waals surface area (Å²) in [4.78, 5) is 27.2. The van der Waals surface area contributed by atoms with Crippen molar-refractivity contribution in [1.29, 1.82) is 0 Å². The monoisotopic (exact) mass is 346 g/mol. The van der Waals surface area contributed by atoms with Gasteiger partial charge < -0.3 is 4.42 Å². The number of hydrogen-bond acceptors (Lipinski definition) is 9. The minimum Gasteiger partial charge on any atom is -0.463 e. The fourth-order valence-electron chi connectivity index (χ4n) is 1.56. The summed E-state index contributed by atoms with van der Waals surface area (Å²) in [6.07, 6.45) is 4.07. The number of nitrogens with zero attached hydrogens (tertiary/aromatic N) is 5. The van der Waals surface area contributed by atoms with E-state index in [0.29, 0.717) is 10.8 Å². The second-order valence-electron chi connectivity index (χ2n) is 4.27. The topological polar surface area (TPSA) is 151 Å². The van der Waals surface area contributed by atoms with Gasteiger partial charge in [-0.3, -0.25) is 20.0 Å². The summed E-state index contributed by atoms with van der Waals surface area (Å²) in [5.74, 6) is -0.301. The number of anilines is 1. The molecule has 0 aliphatic rings. The van der Waals surface area contributed by atoms with E-state index in [9.17, 15) is 9.59 Å². The van der Waals surface area contributed by atoms with Crippen molar-refractivity contribution in [2.24, 2.45) is 5.10 Å². The Morgan fingerprint density at radius 1 is 1.42 bits per heavy atom. The molecule has 0 radical (unpaired) electrons. The van der Waals surface area contributed by atoms with Crippen molar-refractivity contribution in [3.05, 3.63) is 41.3 Å². The smallest absolute Gasteiger partial charge is 0.294 e. The predicted molar refractivity (Wildman–Crippen MR) is 82.4 cm³/mol. The molecule has 2 amide bonds. The summed E-state index contributed by atoms with van der Waals surface area (Å²) in [5, 5.41) is 20.5. The van der Waals surface area contributed by atoms with Crippen LogP contribution in [0, 0.1) is 0 Å². The Hall–Kier alpha value is -3.41. The molecule has 3 rings (SSSR count). The zero-order valence-electron chi connectivity index (χ0n) is 12.0. The van der Waals surface area contributed by atoms with Crippen LogP contribution < -0.4 is 10.7 Å². The number of carbonyl (C=O) groups excluding carboxylic acids is 2. The van der Waals surface area contributed by atoms with Crippen LogP contribution in [0.2, 0.25) is 0 Å². The van der Waals surface area contributed by atoms with Crippen molar-refractivity contribution in [3.8, 4) is 0 Å². The number of hydrazone groups is 1. The molecule has 0 spiro atoms. The first kappa shape index (κ1) is 15.5. The molecule has 122 valence electrons. The molecule has 0 aliphatic heterocycles. The maximum Gasteiger partial charge on any atom is 0.294 e. The van der Waals surface area contributed by atoms with E-state index in [1.165, 1.54) is 18.8 Å². The van der Waals surface area contributed by atoms with Crippen molar-refractivity contribution in [2.45, 2.75) is 6.42 Å². The first-order chi connectivity index (χ1) is 11.7. The summed E-state index contributed by atoms with van der Waals surface area (Å²) in [6.45, 7) is 0. The van der Waals surface area contributed by atoms with Gasteiger partial charge in [-0.15, -0.1) is 10.2 Å². The van der Waals surface area contributed by atoms with E-state index in [2.05, 4.69) is 41.2 Å². The number of furan rings is 1. The molecule has 0 unspecified atom stereocenters. The molecule has 0 saturated heterocycles. The molecule has 0 bridgehead atoms. The highest BCUT2D eigenvalue weighted by molar-refractivity contribution is 7.15. The summed E-state index contributed by atoms with van der Waals surface area (Å²) in [6, 6.07) is 3.41. The number of amides is 2. The lowest BCUT2D eigenvalue weighted by molar-refractivity contribution is -0.120. The molecule has 12 heteroatoms. The number of aromatic nitrogens is 5. The number of rotatable bonds is 6. The third kappa shape index (κ3) is 4.07. The van der Waals surface area contributed by atoms with Crippen molar-refractivity contribution < 1.29 is 14.0 Å². The van der Waals surface area contributed by atoms with E-state index in [1.54, 1.807) is 12.1 Å². The lowest BCUT2D eigenvalue weighted by Gasteiger charge is -1.96. The summed E-state index contributed by atoms with van der Waals surface area (Å²) in [7, 11) is 0. The Morgan fingerprint density at radius 3 is 3.08 bits per heavy atom. The van der Waals surface area contributed by atoms with E-state index in [1.807, 2.05) is 0 Å². The van der Waals surface area contributed by atoms with E-state index < -0.39 is 5.91 Å². The van der Waals surface area contributed by atoms with E-state index in [0.717, 1.165) is 11.3 Å². The fourth-order valence-corrected chi connectivity index (χ4v) is 2.29. The molecular weight excluding hydrogens is 336 g/mol. The molecule has 0 aliphatic carbocycles. The quantitative estimate of drug-likeness (QED) is 0.426. The van der Waals surface area contributed by atoms with E-state index in [4.69, 9.17) is 4.42 Å². The Labute approximate surface area is 138 Å². The maximum atomic E-state index is 11.7. The molecule has 0 saturated carbocycles. The van der Waals surface area contributed by atoms with Crippen LogP contribution in [0.5, 0.6) is 0 Å². The van der Waals surface area contributed by atoms with Crippen LogP contribution in [0.15, 0.2) is 34.2 Å². The zero-order chi connectivity index (χ0) is 16.8. The maximum absolute atomic E-state index is 11.7. The lowest BCUT2D eigenvalue weighted by atomic mass is 10.4. The van der Waals surface area contributed by atoms with Crippen molar-refractivity contribution in [1.82, 2.24) is 30.8 Å². The van der Waals surface area contributed by atoms with E-state index in [-0.39, 0.29) is 23.3 Å². The van der Waals surface area contributed by atoms with Crippen LogP contribution in [-0.4, -0.2) is 43.4 Å². The van der Waals surface area contributed by atoms with Gasteiger partial charge in [0.1, 0.15) is 17.1 Å². The van der Waals surface area contributed by atoms with Crippen LogP contribution >= 0.6 is 11.3 Å². The first-order valence-corrected chi connectivity index (χ1v) is 7.37. The van der Waals surface area contributed by atoms with Crippen molar-refractivity contribution >= 4 is 34.5 Å². The average molecular weight is 346 g/mol. The highest BCUT2D eigenvalue weighted by Crippen LogP contribution is 2.16. The molecular formula is C12H10N8O3S. The average Bonchev–Trinajstić information content (AvgIpc) is 3.30. The summed E-state index contributed by atoms with van der Waals surface area (Å²) < 4.78 is 5.03. The second kappa shape index (κ2) is 7.23. The van der Waals surface area contributed by atoms with Gasteiger partial charge in [0.2, 0.25) is 16.9 Å². The second-order valence-corrected chi connectivity index (χ2v) is 5.34. The third-order valence-electron chi connectivity index (χ3n) is 2.55. The van der Waals surface area contributed by atoms with Gasteiger partial charge in [0, 0.05) is 0 Å². The highest BCUT2D eigenvalue weighted by Gasteiger charge is 2.13. The molecule has 3 N–H and O–H groups in total. The standard InChI is InChI=1S/C12H10N8O3S/c21-8(17-14-5-7-2-1-3-23-7)4-9-18-20-12(24-9)16-11(22)10-13-6-15-19-10/h1-3,5-6H,4H2,(H,17,21)(H,13,15,19)(H,16,20,22)/b14-5-. The Kier molecular flexibility index (Phi) is 4.67. The van der Waals surface area contributed by atoms with Crippen LogP contribution in [0.4, 0.5) is 5.13 Å². The predicted octanol–water partition coefficient (Wildman–Crippen LogP) is 0.194. The normalized spacial score (nSPS) is 10.8. The SMILES string of the molecule is O=C(Cc1nnc(NC(=O)c2ncn[nH]2)s1)N/N=C\c1ccco1. The zero-order valence-corrected chi connectivity index (χ0v) is 12.8. The number of aromatic amines is 1. The van der Waals surface area contributed by atoms with Gasteiger partial charge in [-0.2, -0.15) is 10.2 Å². The van der Waals surface area contributed by atoms with Gasteiger partial charge in [0.15, 0.2) is 0 Å². The molecule has 0 atom stereocenters. The van der Waals surface area contributed by atoms with Gasteiger partial charge in [-0.05, 0) is 12.1 Å². The minimum atomic E-state index is -0.498. The van der Waals surface area contributed by atoms with Gasteiger partial charge in [-0.25, -0.2) is 10.4 Å². The lowest BCUT2D eigenvalue weighted by Crippen LogP contribution is -2.19. The molecule has 11 nitrogen and oxygen atoms in total. The number of H-pyrrole nitrogens is 1. The molecule has 0 aromatic carbocycles. The Morgan fingerprint density at radius 2 is 2.33 bits per heavy atom. The number of nitrogens with one attached hydrogen (secondary N) is 3. The largest absolute Gasteiger partial charge is 0.463 e. The minimum absolute atomic E-state index is 0.0225. The van der Waals surface area contributed by atoms with E-state index >= 15 is 0 Å². The molecule has 3 heterocycles. The highest BCUT2D eigenvalue weighted by atomic mass is 32.1.